The molecule has 110 valence electrons. The molecule has 0 aromatic heterocycles. The minimum atomic E-state index is -1.16. The van der Waals surface area contributed by atoms with Crippen LogP contribution in [0, 0.1) is 0 Å². The van der Waals surface area contributed by atoms with E-state index in [0.717, 1.165) is 15.6 Å². The monoisotopic (exact) mass is 348 g/mol. The van der Waals surface area contributed by atoms with E-state index in [-0.39, 0.29) is 12.8 Å². The third-order valence-corrected chi connectivity index (χ3v) is 4.16. The SMILES string of the molecule is CC(O)(CCC(=O)O)c1ccc(-c2ccccc2)c(Br)c1. The summed E-state index contributed by atoms with van der Waals surface area (Å²) in [6, 6.07) is 15.6. The second-order valence-corrected chi connectivity index (χ2v) is 6.08. The van der Waals surface area contributed by atoms with Gasteiger partial charge >= 0.3 is 5.97 Å². The number of carboxylic acids is 1. The predicted octanol–water partition coefficient (Wildman–Crippen LogP) is 4.19. The second kappa shape index (κ2) is 6.41. The van der Waals surface area contributed by atoms with E-state index in [4.69, 9.17) is 5.11 Å². The third kappa shape index (κ3) is 3.93. The zero-order chi connectivity index (χ0) is 15.5. The lowest BCUT2D eigenvalue weighted by molar-refractivity contribution is -0.138. The Balaban J connectivity index is 2.29. The molecule has 0 radical (unpaired) electrons. The average molecular weight is 349 g/mol. The fourth-order valence-electron chi connectivity index (χ4n) is 2.20. The Morgan fingerprint density at radius 3 is 2.43 bits per heavy atom. The van der Waals surface area contributed by atoms with Gasteiger partial charge < -0.3 is 10.2 Å². The summed E-state index contributed by atoms with van der Waals surface area (Å²) in [4.78, 5) is 10.7. The van der Waals surface area contributed by atoms with Crippen LogP contribution in [0.1, 0.15) is 25.3 Å². The summed E-state index contributed by atoms with van der Waals surface area (Å²) in [6.45, 7) is 1.64. The summed E-state index contributed by atoms with van der Waals surface area (Å²) < 4.78 is 0.877. The molecular weight excluding hydrogens is 332 g/mol. The Morgan fingerprint density at radius 2 is 1.86 bits per heavy atom. The standard InChI is InChI=1S/C17H17BrO3/c1-17(21,10-9-16(19)20)13-7-8-14(15(18)11-13)12-5-3-2-4-6-12/h2-8,11,21H,9-10H2,1H3,(H,19,20). The fraction of sp³-hybridized carbons (Fsp3) is 0.235. The molecule has 0 aliphatic heterocycles. The van der Waals surface area contributed by atoms with E-state index in [2.05, 4.69) is 15.9 Å². The molecule has 0 saturated heterocycles. The lowest BCUT2D eigenvalue weighted by Gasteiger charge is -2.24. The van der Waals surface area contributed by atoms with Gasteiger partial charge in [0.15, 0.2) is 0 Å². The number of aliphatic hydroxyl groups is 1. The molecule has 0 amide bonds. The molecule has 1 atom stereocenters. The molecule has 2 rings (SSSR count). The molecule has 0 spiro atoms. The number of benzene rings is 2. The van der Waals surface area contributed by atoms with Gasteiger partial charge in [0.05, 0.1) is 5.60 Å². The lowest BCUT2D eigenvalue weighted by Crippen LogP contribution is -2.22. The first kappa shape index (κ1) is 15.7. The number of rotatable bonds is 5. The van der Waals surface area contributed by atoms with Crippen molar-refractivity contribution in [2.24, 2.45) is 0 Å². The highest BCUT2D eigenvalue weighted by atomic mass is 79.9. The van der Waals surface area contributed by atoms with Crippen LogP contribution in [0.5, 0.6) is 0 Å². The van der Waals surface area contributed by atoms with E-state index >= 15 is 0 Å². The molecule has 0 fully saturated rings. The van der Waals surface area contributed by atoms with Crippen LogP contribution in [0.15, 0.2) is 53.0 Å². The van der Waals surface area contributed by atoms with Crippen LogP contribution in [0.4, 0.5) is 0 Å². The Bertz CT molecular complexity index is 636. The number of hydrogen-bond donors (Lipinski definition) is 2. The van der Waals surface area contributed by atoms with Crippen LogP contribution < -0.4 is 0 Å². The summed E-state index contributed by atoms with van der Waals surface area (Å²) in [5.41, 5.74) is 1.67. The van der Waals surface area contributed by atoms with Gasteiger partial charge in [0, 0.05) is 10.9 Å². The van der Waals surface area contributed by atoms with Crippen molar-refractivity contribution in [3.05, 3.63) is 58.6 Å². The Labute approximate surface area is 132 Å². The van der Waals surface area contributed by atoms with Gasteiger partial charge in [-0.05, 0) is 36.1 Å². The number of carboxylic acid groups (broad SMARTS) is 1. The van der Waals surface area contributed by atoms with Crippen LogP contribution in [0.25, 0.3) is 11.1 Å². The van der Waals surface area contributed by atoms with E-state index < -0.39 is 11.6 Å². The lowest BCUT2D eigenvalue weighted by atomic mass is 9.90. The topological polar surface area (TPSA) is 57.5 Å². The summed E-state index contributed by atoms with van der Waals surface area (Å²) >= 11 is 3.53. The molecule has 2 N–H and O–H groups in total. The smallest absolute Gasteiger partial charge is 0.303 e. The summed E-state index contributed by atoms with van der Waals surface area (Å²) in [7, 11) is 0. The molecular formula is C17H17BrO3. The minimum absolute atomic E-state index is 0.0644. The van der Waals surface area contributed by atoms with Gasteiger partial charge in [-0.2, -0.15) is 0 Å². The van der Waals surface area contributed by atoms with E-state index in [0.29, 0.717) is 5.56 Å². The zero-order valence-corrected chi connectivity index (χ0v) is 13.3. The molecule has 0 heterocycles. The summed E-state index contributed by atoms with van der Waals surface area (Å²) in [5.74, 6) is -0.907. The fourth-order valence-corrected chi connectivity index (χ4v) is 2.80. The maximum Gasteiger partial charge on any atom is 0.303 e. The van der Waals surface area contributed by atoms with Gasteiger partial charge in [0.1, 0.15) is 0 Å². The van der Waals surface area contributed by atoms with Gasteiger partial charge in [0.25, 0.3) is 0 Å². The highest BCUT2D eigenvalue weighted by molar-refractivity contribution is 9.10. The zero-order valence-electron chi connectivity index (χ0n) is 11.7. The summed E-state index contributed by atoms with van der Waals surface area (Å²) in [6.07, 6.45) is 0.116. The molecule has 0 aliphatic rings. The van der Waals surface area contributed by atoms with Gasteiger partial charge in [-0.15, -0.1) is 0 Å². The van der Waals surface area contributed by atoms with Gasteiger partial charge in [0.2, 0.25) is 0 Å². The average Bonchev–Trinajstić information content (AvgIpc) is 2.46. The van der Waals surface area contributed by atoms with Crippen molar-refractivity contribution < 1.29 is 15.0 Å². The molecule has 2 aromatic rings. The number of halogens is 1. The van der Waals surface area contributed by atoms with E-state index in [1.807, 2.05) is 48.5 Å². The van der Waals surface area contributed by atoms with E-state index in [9.17, 15) is 9.90 Å². The minimum Gasteiger partial charge on any atom is -0.481 e. The number of hydrogen-bond acceptors (Lipinski definition) is 2. The molecule has 4 heteroatoms. The van der Waals surface area contributed by atoms with Crippen LogP contribution in [-0.2, 0) is 10.4 Å². The molecule has 3 nitrogen and oxygen atoms in total. The quantitative estimate of drug-likeness (QED) is 0.851. The molecule has 0 aliphatic carbocycles. The highest BCUT2D eigenvalue weighted by Gasteiger charge is 2.24. The van der Waals surface area contributed by atoms with E-state index in [1.54, 1.807) is 6.92 Å². The van der Waals surface area contributed by atoms with Crippen molar-refractivity contribution in [1.29, 1.82) is 0 Å². The maximum absolute atomic E-state index is 10.7. The van der Waals surface area contributed by atoms with Crippen molar-refractivity contribution in [3.63, 3.8) is 0 Å². The van der Waals surface area contributed by atoms with E-state index in [1.165, 1.54) is 0 Å². The normalized spacial score (nSPS) is 13.7. The van der Waals surface area contributed by atoms with Gasteiger partial charge in [-0.25, -0.2) is 0 Å². The Morgan fingerprint density at radius 1 is 1.19 bits per heavy atom. The van der Waals surface area contributed by atoms with Gasteiger partial charge in [-0.3, -0.25) is 4.79 Å². The Hall–Kier alpha value is -1.65. The van der Waals surface area contributed by atoms with Crippen LogP contribution in [0.2, 0.25) is 0 Å². The first-order valence-electron chi connectivity index (χ1n) is 6.70. The second-order valence-electron chi connectivity index (χ2n) is 5.23. The number of carbonyl (C=O) groups is 1. The van der Waals surface area contributed by atoms with Crippen molar-refractivity contribution in [2.45, 2.75) is 25.4 Å². The molecule has 1 unspecified atom stereocenters. The van der Waals surface area contributed by atoms with Crippen molar-refractivity contribution in [1.82, 2.24) is 0 Å². The van der Waals surface area contributed by atoms with Crippen LogP contribution >= 0.6 is 15.9 Å². The number of aliphatic carboxylic acids is 1. The Kier molecular flexibility index (Phi) is 4.80. The molecule has 0 bridgehead atoms. The first-order chi connectivity index (χ1) is 9.90. The van der Waals surface area contributed by atoms with Crippen molar-refractivity contribution >= 4 is 21.9 Å². The third-order valence-electron chi connectivity index (χ3n) is 3.50. The largest absolute Gasteiger partial charge is 0.481 e. The van der Waals surface area contributed by atoms with Crippen LogP contribution in [-0.4, -0.2) is 16.2 Å². The summed E-state index contributed by atoms with van der Waals surface area (Å²) in [5, 5.41) is 19.2. The maximum atomic E-state index is 10.7. The predicted molar refractivity (Wildman–Crippen MR) is 86.0 cm³/mol. The van der Waals surface area contributed by atoms with Crippen molar-refractivity contribution in [3.8, 4) is 11.1 Å². The van der Waals surface area contributed by atoms with Gasteiger partial charge in [-0.1, -0.05) is 58.4 Å². The van der Waals surface area contributed by atoms with Crippen molar-refractivity contribution in [2.75, 3.05) is 0 Å². The highest BCUT2D eigenvalue weighted by Crippen LogP contribution is 2.34. The molecule has 2 aromatic carbocycles. The van der Waals surface area contributed by atoms with Crippen LogP contribution in [0.3, 0.4) is 0 Å². The molecule has 21 heavy (non-hydrogen) atoms. The molecule has 0 saturated carbocycles. The first-order valence-corrected chi connectivity index (χ1v) is 7.49.